The summed E-state index contributed by atoms with van der Waals surface area (Å²) in [4.78, 5) is 22.4. The van der Waals surface area contributed by atoms with Crippen molar-refractivity contribution in [3.63, 3.8) is 0 Å². The standard InChI is InChI=1S/C27H38N4O3.C6H6O.C4H11NO2S/c1-6-14-30(15-7-2)26(33)31-23(19-8-11-21(32)12-9-19)17-29-25(31)22-13-10-20(27(3,4)5)16-24(22)34-18-28;7-6-4-2-1-3-5-6;1-3-4-5-8(2,6)7/h8-13,16,23,32H,6-7,14-15,17-18,28H2,1-5H3;1-5,7H;5H,3-4H2,1-2H3/t23-;;/m0../s1. The molecule has 0 saturated carbocycles. The van der Waals surface area contributed by atoms with E-state index in [0.29, 0.717) is 43.5 Å². The maximum Gasteiger partial charge on any atom is 0.326 e. The first kappa shape index (κ1) is 41.0. The lowest BCUT2D eigenvalue weighted by molar-refractivity contribution is 0.167. The molecule has 0 unspecified atom stereocenters. The molecule has 0 aromatic heterocycles. The number of aromatic hydroxyl groups is 2. The first-order valence-corrected chi connectivity index (χ1v) is 18.6. The minimum atomic E-state index is -2.94. The van der Waals surface area contributed by atoms with Gasteiger partial charge < -0.3 is 19.8 Å². The molecule has 0 fully saturated rings. The number of phenols is 2. The van der Waals surface area contributed by atoms with Crippen LogP contribution >= 0.6 is 0 Å². The predicted octanol–water partition coefficient (Wildman–Crippen LogP) is 6.37. The molecule has 0 radical (unpaired) electrons. The Morgan fingerprint density at radius 2 is 1.55 bits per heavy atom. The van der Waals surface area contributed by atoms with Crippen LogP contribution in [-0.2, 0) is 15.4 Å². The quantitative estimate of drug-likeness (QED) is 0.170. The summed E-state index contributed by atoms with van der Waals surface area (Å²) in [5, 5.41) is 18.4. The molecule has 0 aliphatic carbocycles. The third-order valence-corrected chi connectivity index (χ3v) is 8.12. The number of carbonyl (C=O) groups is 1. The third-order valence-electron chi connectivity index (χ3n) is 7.39. The van der Waals surface area contributed by atoms with E-state index in [1.165, 1.54) is 0 Å². The normalized spacial score (nSPS) is 14.2. The van der Waals surface area contributed by atoms with Gasteiger partial charge in [0.25, 0.3) is 0 Å². The van der Waals surface area contributed by atoms with E-state index in [9.17, 15) is 18.3 Å². The Bertz CT molecular complexity index is 1570. The van der Waals surface area contributed by atoms with Gasteiger partial charge in [0.15, 0.2) is 0 Å². The Balaban J connectivity index is 0.000000456. The minimum Gasteiger partial charge on any atom is -0.508 e. The number of para-hydroxylation sites is 1. The molecule has 1 heterocycles. The highest BCUT2D eigenvalue weighted by Crippen LogP contribution is 2.36. The van der Waals surface area contributed by atoms with Crippen LogP contribution in [0.15, 0.2) is 77.8 Å². The molecule has 12 heteroatoms. The van der Waals surface area contributed by atoms with Crippen molar-refractivity contribution in [3.8, 4) is 17.2 Å². The van der Waals surface area contributed by atoms with Gasteiger partial charge in [-0.1, -0.05) is 77.9 Å². The van der Waals surface area contributed by atoms with Gasteiger partial charge in [0, 0.05) is 19.6 Å². The number of amidine groups is 1. The largest absolute Gasteiger partial charge is 0.508 e. The zero-order chi connectivity index (χ0) is 36.6. The monoisotopic (exact) mass is 697 g/mol. The Morgan fingerprint density at radius 3 is 2.00 bits per heavy atom. The van der Waals surface area contributed by atoms with E-state index >= 15 is 0 Å². The molecule has 5 N–H and O–H groups in total. The Morgan fingerprint density at radius 1 is 0.959 bits per heavy atom. The van der Waals surface area contributed by atoms with Gasteiger partial charge in [-0.15, -0.1) is 0 Å². The Kier molecular flexibility index (Phi) is 16.6. The predicted molar refractivity (Wildman–Crippen MR) is 198 cm³/mol. The SMILES string of the molecule is CCCN(CCC)C(=O)N1C(c2ccc(C(C)(C)C)cc2OCN)=NC[C@H]1c1ccc(O)cc1.CCCNS(C)(=O)=O.Oc1ccccc1. The fourth-order valence-corrected chi connectivity index (χ4v) is 5.54. The Labute approximate surface area is 292 Å². The maximum atomic E-state index is 13.9. The number of phenolic OH excluding ortho intramolecular Hbond substituents is 2. The first-order chi connectivity index (χ1) is 23.2. The molecule has 0 saturated heterocycles. The van der Waals surface area contributed by atoms with Gasteiger partial charge >= 0.3 is 6.03 Å². The summed E-state index contributed by atoms with van der Waals surface area (Å²) in [5.41, 5.74) is 8.49. The van der Waals surface area contributed by atoms with E-state index in [2.05, 4.69) is 45.4 Å². The minimum absolute atomic E-state index is 0.0288. The van der Waals surface area contributed by atoms with Crippen LogP contribution in [0.5, 0.6) is 17.2 Å². The van der Waals surface area contributed by atoms with Crippen molar-refractivity contribution in [2.24, 2.45) is 10.7 Å². The lowest BCUT2D eigenvalue weighted by Crippen LogP contribution is -2.47. The van der Waals surface area contributed by atoms with Crippen LogP contribution in [0.4, 0.5) is 4.79 Å². The molecule has 49 heavy (non-hydrogen) atoms. The van der Waals surface area contributed by atoms with E-state index in [1.807, 2.05) is 42.2 Å². The molecule has 0 bridgehead atoms. The van der Waals surface area contributed by atoms with Gasteiger partial charge in [-0.2, -0.15) is 0 Å². The second kappa shape index (κ2) is 19.8. The molecule has 4 rings (SSSR count). The number of amides is 2. The summed E-state index contributed by atoms with van der Waals surface area (Å²) < 4.78 is 28.7. The van der Waals surface area contributed by atoms with Crippen LogP contribution in [0.2, 0.25) is 0 Å². The van der Waals surface area contributed by atoms with Crippen LogP contribution in [0.1, 0.15) is 83.5 Å². The van der Waals surface area contributed by atoms with E-state index in [-0.39, 0.29) is 30.0 Å². The van der Waals surface area contributed by atoms with Crippen LogP contribution in [-0.4, -0.2) is 79.5 Å². The molecular formula is C37H55N5O6S. The zero-order valence-corrected chi connectivity index (χ0v) is 30.8. The average molecular weight is 698 g/mol. The Hall–Kier alpha value is -4.13. The number of carbonyl (C=O) groups excluding carboxylic acids is 1. The van der Waals surface area contributed by atoms with E-state index in [1.54, 1.807) is 41.3 Å². The molecule has 3 aromatic rings. The second-order valence-corrected chi connectivity index (χ2v) is 14.5. The van der Waals surface area contributed by atoms with Crippen LogP contribution in [0, 0.1) is 0 Å². The highest BCUT2D eigenvalue weighted by molar-refractivity contribution is 7.88. The van der Waals surface area contributed by atoms with Gasteiger partial charge in [0.1, 0.15) is 29.8 Å². The average Bonchev–Trinajstić information content (AvgIpc) is 3.49. The molecule has 0 spiro atoms. The number of sulfonamides is 1. The van der Waals surface area contributed by atoms with Gasteiger partial charge in [-0.05, 0) is 72.2 Å². The number of nitrogens with zero attached hydrogens (tertiary/aromatic N) is 3. The van der Waals surface area contributed by atoms with Crippen LogP contribution < -0.4 is 15.2 Å². The smallest absolute Gasteiger partial charge is 0.326 e. The summed E-state index contributed by atoms with van der Waals surface area (Å²) in [6.45, 7) is 14.8. The van der Waals surface area contributed by atoms with Crippen molar-refractivity contribution in [2.75, 3.05) is 39.2 Å². The highest BCUT2D eigenvalue weighted by Gasteiger charge is 2.38. The summed E-state index contributed by atoms with van der Waals surface area (Å²) in [7, 11) is -2.94. The fourth-order valence-electron chi connectivity index (χ4n) is 4.96. The summed E-state index contributed by atoms with van der Waals surface area (Å²) in [6.07, 6.45) is 3.74. The molecule has 3 aromatic carbocycles. The lowest BCUT2D eigenvalue weighted by Gasteiger charge is -2.33. The molecule has 1 aliphatic rings. The van der Waals surface area contributed by atoms with Gasteiger partial charge in [0.05, 0.1) is 24.4 Å². The topological polar surface area (TPSA) is 158 Å². The third kappa shape index (κ3) is 13.4. The number of rotatable bonds is 11. The number of aliphatic imine (C=N–C) groups is 1. The van der Waals surface area contributed by atoms with Crippen molar-refractivity contribution in [1.82, 2.24) is 14.5 Å². The first-order valence-electron chi connectivity index (χ1n) is 16.7. The number of urea groups is 1. The van der Waals surface area contributed by atoms with Gasteiger partial charge in [0.2, 0.25) is 10.0 Å². The van der Waals surface area contributed by atoms with E-state index in [4.69, 9.17) is 20.6 Å². The molecule has 1 atom stereocenters. The fraction of sp³-hybridized carbons (Fsp3) is 0.459. The maximum absolute atomic E-state index is 13.9. The molecule has 2 amide bonds. The summed E-state index contributed by atoms with van der Waals surface area (Å²) >= 11 is 0. The number of hydrogen-bond donors (Lipinski definition) is 4. The summed E-state index contributed by atoms with van der Waals surface area (Å²) in [6, 6.07) is 21.4. The molecular weight excluding hydrogens is 643 g/mol. The van der Waals surface area contributed by atoms with Crippen molar-refractivity contribution >= 4 is 21.9 Å². The van der Waals surface area contributed by atoms with E-state index in [0.717, 1.165) is 42.2 Å². The van der Waals surface area contributed by atoms with Crippen LogP contribution in [0.3, 0.4) is 0 Å². The van der Waals surface area contributed by atoms with Gasteiger partial charge in [-0.3, -0.25) is 15.6 Å². The highest BCUT2D eigenvalue weighted by atomic mass is 32.2. The zero-order valence-electron chi connectivity index (χ0n) is 30.0. The van der Waals surface area contributed by atoms with Crippen LogP contribution in [0.25, 0.3) is 0 Å². The number of hydrogen-bond acceptors (Lipinski definition) is 8. The molecule has 11 nitrogen and oxygen atoms in total. The number of ether oxygens (including phenoxy) is 1. The molecule has 270 valence electrons. The number of benzene rings is 3. The van der Waals surface area contributed by atoms with Crippen molar-refractivity contribution in [1.29, 1.82) is 0 Å². The van der Waals surface area contributed by atoms with Gasteiger partial charge in [-0.25, -0.2) is 17.9 Å². The molecule has 1 aliphatic heterocycles. The van der Waals surface area contributed by atoms with Crippen molar-refractivity contribution in [3.05, 3.63) is 89.5 Å². The summed E-state index contributed by atoms with van der Waals surface area (Å²) in [5.74, 6) is 1.72. The number of nitrogens with two attached hydrogens (primary N) is 1. The second-order valence-electron chi connectivity index (χ2n) is 12.7. The lowest BCUT2D eigenvalue weighted by atomic mass is 9.86. The van der Waals surface area contributed by atoms with Crippen molar-refractivity contribution in [2.45, 2.75) is 72.3 Å². The number of nitrogens with one attached hydrogen (secondary N) is 1. The van der Waals surface area contributed by atoms with E-state index < -0.39 is 10.0 Å². The van der Waals surface area contributed by atoms with Crippen molar-refractivity contribution < 1.29 is 28.2 Å².